The first kappa shape index (κ1) is 22.4. The molecule has 0 bridgehead atoms. The first-order valence-corrected chi connectivity index (χ1v) is 10.1. The zero-order valence-corrected chi connectivity index (χ0v) is 17.6. The second-order valence-electron chi connectivity index (χ2n) is 7.10. The molecule has 0 spiro atoms. The smallest absolute Gasteiger partial charge is 0.270 e. The molecule has 0 aliphatic carbocycles. The van der Waals surface area contributed by atoms with E-state index >= 15 is 0 Å². The lowest BCUT2D eigenvalue weighted by molar-refractivity contribution is 0.303. The summed E-state index contributed by atoms with van der Waals surface area (Å²) in [6.45, 7) is 0.144. The molecule has 7 nitrogen and oxygen atoms in total. The molecular weight excluding hydrogens is 440 g/mol. The van der Waals surface area contributed by atoms with Crippen LogP contribution in [0.3, 0.4) is 0 Å². The zero-order valence-electron chi connectivity index (χ0n) is 17.6. The van der Waals surface area contributed by atoms with E-state index in [1.807, 2.05) is 18.2 Å². The topological polar surface area (TPSA) is 103 Å². The van der Waals surface area contributed by atoms with Gasteiger partial charge in [0.25, 0.3) is 5.56 Å². The lowest BCUT2D eigenvalue weighted by Gasteiger charge is -2.07. The largest absolute Gasteiger partial charge is 0.489 e. The average molecular weight is 457 g/mol. The minimum absolute atomic E-state index is 0.0805. The summed E-state index contributed by atoms with van der Waals surface area (Å²) >= 11 is 0. The molecule has 3 aromatic carbocycles. The van der Waals surface area contributed by atoms with Gasteiger partial charge in [0.1, 0.15) is 24.0 Å². The van der Waals surface area contributed by atoms with Crippen molar-refractivity contribution in [2.75, 3.05) is 5.43 Å². The van der Waals surface area contributed by atoms with Crippen molar-refractivity contribution < 1.29 is 13.5 Å². The van der Waals surface area contributed by atoms with E-state index in [2.05, 4.69) is 20.5 Å². The number of aromatic nitrogens is 2. The van der Waals surface area contributed by atoms with Crippen LogP contribution in [0.5, 0.6) is 5.75 Å². The maximum Gasteiger partial charge on any atom is 0.270 e. The fraction of sp³-hybridized carbons (Fsp3) is 0.0400. The number of nitrogens with one attached hydrogen (secondary N) is 2. The molecule has 0 radical (unpaired) electrons. The number of rotatable bonds is 7. The molecule has 0 fully saturated rings. The number of hydrogen-bond acceptors (Lipinski definition) is 6. The van der Waals surface area contributed by atoms with E-state index in [1.165, 1.54) is 12.3 Å². The third-order valence-corrected chi connectivity index (χ3v) is 4.71. The van der Waals surface area contributed by atoms with Crippen molar-refractivity contribution >= 4 is 12.2 Å². The average Bonchev–Trinajstić information content (AvgIpc) is 2.85. The maximum atomic E-state index is 13.3. The van der Waals surface area contributed by atoms with Gasteiger partial charge in [0.15, 0.2) is 11.6 Å². The van der Waals surface area contributed by atoms with E-state index in [9.17, 15) is 18.8 Å². The van der Waals surface area contributed by atoms with E-state index in [0.717, 1.165) is 23.3 Å². The van der Waals surface area contributed by atoms with Gasteiger partial charge in [-0.25, -0.2) is 19.2 Å². The van der Waals surface area contributed by atoms with Gasteiger partial charge in [0.05, 0.1) is 11.9 Å². The summed E-state index contributed by atoms with van der Waals surface area (Å²) in [5.41, 5.74) is 4.39. The molecule has 2 N–H and O–H groups in total. The summed E-state index contributed by atoms with van der Waals surface area (Å²) in [6.07, 6.45) is 1.52. The van der Waals surface area contributed by atoms with Gasteiger partial charge in [-0.2, -0.15) is 10.4 Å². The van der Waals surface area contributed by atoms with E-state index in [4.69, 9.17) is 4.74 Å². The molecule has 0 saturated carbocycles. The Morgan fingerprint density at radius 1 is 1.06 bits per heavy atom. The minimum Gasteiger partial charge on any atom is -0.489 e. The van der Waals surface area contributed by atoms with Crippen molar-refractivity contribution in [3.05, 3.63) is 111 Å². The van der Waals surface area contributed by atoms with Crippen molar-refractivity contribution in [1.82, 2.24) is 9.97 Å². The highest BCUT2D eigenvalue weighted by molar-refractivity contribution is 5.80. The van der Waals surface area contributed by atoms with E-state index < -0.39 is 17.2 Å². The standard InChI is InChI=1S/C25H17F2N5O2/c26-21-10-9-19(12-22(21)27)34-15-17-6-4-5-16(11-17)14-29-32-25-30-23(18-7-2-1-3-8-18)20(13-28)24(33)31-25/h1-12,14H,15H2,(H2,30,31,32,33). The van der Waals surface area contributed by atoms with Crippen LogP contribution in [0.15, 0.2) is 82.7 Å². The summed E-state index contributed by atoms with van der Waals surface area (Å²) in [4.78, 5) is 19.1. The number of halogens is 2. The molecule has 0 aliphatic rings. The molecule has 0 saturated heterocycles. The minimum atomic E-state index is -0.977. The second kappa shape index (κ2) is 10.2. The molecule has 0 amide bonds. The Bertz CT molecular complexity index is 1450. The normalized spacial score (nSPS) is 10.7. The van der Waals surface area contributed by atoms with Crippen LogP contribution in [0.4, 0.5) is 14.7 Å². The maximum absolute atomic E-state index is 13.3. The fourth-order valence-electron chi connectivity index (χ4n) is 3.10. The van der Waals surface area contributed by atoms with Crippen LogP contribution >= 0.6 is 0 Å². The molecule has 4 rings (SSSR count). The van der Waals surface area contributed by atoms with Crippen molar-refractivity contribution in [2.45, 2.75) is 6.61 Å². The molecular formula is C25H17F2N5O2. The van der Waals surface area contributed by atoms with Crippen molar-refractivity contribution in [3.63, 3.8) is 0 Å². The number of ether oxygens (including phenoxy) is 1. The third kappa shape index (κ3) is 5.31. The van der Waals surface area contributed by atoms with Gasteiger partial charge in [-0.15, -0.1) is 0 Å². The predicted molar refractivity (Wildman–Crippen MR) is 123 cm³/mol. The number of H-pyrrole nitrogens is 1. The summed E-state index contributed by atoms with van der Waals surface area (Å²) < 4.78 is 31.9. The Morgan fingerprint density at radius 3 is 2.65 bits per heavy atom. The second-order valence-corrected chi connectivity index (χ2v) is 7.10. The van der Waals surface area contributed by atoms with Gasteiger partial charge in [-0.1, -0.05) is 48.5 Å². The van der Waals surface area contributed by atoms with Crippen LogP contribution in [0.25, 0.3) is 11.3 Å². The Kier molecular flexibility index (Phi) is 6.70. The van der Waals surface area contributed by atoms with Gasteiger partial charge in [-0.3, -0.25) is 9.78 Å². The molecule has 1 heterocycles. The first-order chi connectivity index (χ1) is 16.5. The Hall–Kier alpha value is -4.84. The van der Waals surface area contributed by atoms with Gasteiger partial charge >= 0.3 is 0 Å². The monoisotopic (exact) mass is 457 g/mol. The van der Waals surface area contributed by atoms with Gasteiger partial charge < -0.3 is 4.74 Å². The number of benzene rings is 3. The summed E-state index contributed by atoms with van der Waals surface area (Å²) in [6, 6.07) is 21.3. The third-order valence-electron chi connectivity index (χ3n) is 4.71. The quantitative estimate of drug-likeness (QED) is 0.312. The van der Waals surface area contributed by atoms with E-state index in [1.54, 1.807) is 42.5 Å². The lowest BCUT2D eigenvalue weighted by atomic mass is 10.1. The van der Waals surface area contributed by atoms with E-state index in [-0.39, 0.29) is 29.6 Å². The molecule has 9 heteroatoms. The number of hydrogen-bond donors (Lipinski definition) is 2. The van der Waals surface area contributed by atoms with Crippen LogP contribution in [0.1, 0.15) is 16.7 Å². The molecule has 0 unspecified atom stereocenters. The highest BCUT2D eigenvalue weighted by Gasteiger charge is 2.12. The number of hydrazone groups is 1. The predicted octanol–water partition coefficient (Wildman–Crippen LogP) is 4.61. The molecule has 4 aromatic rings. The van der Waals surface area contributed by atoms with Crippen molar-refractivity contribution in [3.8, 4) is 23.1 Å². The molecule has 168 valence electrons. The molecule has 0 atom stereocenters. The first-order valence-electron chi connectivity index (χ1n) is 10.1. The zero-order chi connectivity index (χ0) is 23.9. The van der Waals surface area contributed by atoms with Crippen LogP contribution < -0.4 is 15.7 Å². The highest BCUT2D eigenvalue weighted by atomic mass is 19.2. The Labute approximate surface area is 193 Å². The molecule has 1 aromatic heterocycles. The fourth-order valence-corrected chi connectivity index (χ4v) is 3.10. The van der Waals surface area contributed by atoms with Crippen LogP contribution in [0, 0.1) is 23.0 Å². The lowest BCUT2D eigenvalue weighted by Crippen LogP contribution is -2.16. The summed E-state index contributed by atoms with van der Waals surface area (Å²) in [5.74, 6) is -1.62. The number of anilines is 1. The summed E-state index contributed by atoms with van der Waals surface area (Å²) in [5, 5.41) is 13.4. The highest BCUT2D eigenvalue weighted by Crippen LogP contribution is 2.20. The molecule has 0 aliphatic heterocycles. The van der Waals surface area contributed by atoms with Crippen molar-refractivity contribution in [2.24, 2.45) is 5.10 Å². The van der Waals surface area contributed by atoms with Crippen LogP contribution in [0.2, 0.25) is 0 Å². The summed E-state index contributed by atoms with van der Waals surface area (Å²) in [7, 11) is 0. The number of nitrogens with zero attached hydrogens (tertiary/aromatic N) is 3. The van der Waals surface area contributed by atoms with Crippen LogP contribution in [-0.2, 0) is 6.61 Å². The molecule has 34 heavy (non-hydrogen) atoms. The van der Waals surface area contributed by atoms with Gasteiger partial charge in [0.2, 0.25) is 5.95 Å². The Balaban J connectivity index is 1.46. The van der Waals surface area contributed by atoms with Gasteiger partial charge in [0, 0.05) is 11.6 Å². The van der Waals surface area contributed by atoms with Crippen LogP contribution in [-0.4, -0.2) is 16.2 Å². The van der Waals surface area contributed by atoms with E-state index in [0.29, 0.717) is 5.56 Å². The van der Waals surface area contributed by atoms with Gasteiger partial charge in [-0.05, 0) is 29.3 Å². The SMILES string of the molecule is N#Cc1c(-c2ccccc2)nc(NN=Cc2cccc(COc3ccc(F)c(F)c3)c2)[nH]c1=O. The number of aromatic amines is 1. The van der Waals surface area contributed by atoms with Crippen molar-refractivity contribution in [1.29, 1.82) is 5.26 Å². The Morgan fingerprint density at radius 2 is 1.88 bits per heavy atom. The number of nitriles is 1.